The maximum absolute atomic E-state index is 12.6. The van der Waals surface area contributed by atoms with E-state index in [9.17, 15) is 23.4 Å². The standard InChI is InChI=1S/C13H18ClNO5S2/c1-2-6-13(12(17)18)8-15(7-5-9(13)16)22(19,20)11-4-3-10(14)21-11/h3-4,9,16H,2,5-8H2,1H3,(H,17,18)/t9-,13+/m1/s1. The molecule has 2 N–H and O–H groups in total. The van der Waals surface area contributed by atoms with Crippen molar-refractivity contribution in [3.05, 3.63) is 16.5 Å². The molecule has 9 heteroatoms. The van der Waals surface area contributed by atoms with Crippen LogP contribution in [-0.2, 0) is 14.8 Å². The van der Waals surface area contributed by atoms with E-state index in [1.54, 1.807) is 0 Å². The number of carboxylic acid groups (broad SMARTS) is 1. The fourth-order valence-electron chi connectivity index (χ4n) is 2.82. The third-order valence-corrected chi connectivity index (χ3v) is 7.56. The molecule has 1 aromatic heterocycles. The monoisotopic (exact) mass is 367 g/mol. The summed E-state index contributed by atoms with van der Waals surface area (Å²) in [6, 6.07) is 2.91. The summed E-state index contributed by atoms with van der Waals surface area (Å²) in [5.41, 5.74) is -1.46. The minimum absolute atomic E-state index is 0.0877. The van der Waals surface area contributed by atoms with Crippen molar-refractivity contribution < 1.29 is 23.4 Å². The van der Waals surface area contributed by atoms with Gasteiger partial charge < -0.3 is 10.2 Å². The van der Waals surface area contributed by atoms with Crippen LogP contribution < -0.4 is 0 Å². The van der Waals surface area contributed by atoms with Crippen LogP contribution >= 0.6 is 22.9 Å². The van der Waals surface area contributed by atoms with E-state index in [1.165, 1.54) is 12.1 Å². The van der Waals surface area contributed by atoms with Gasteiger partial charge in [0.05, 0.1) is 10.4 Å². The van der Waals surface area contributed by atoms with Gasteiger partial charge in [0.15, 0.2) is 0 Å². The maximum atomic E-state index is 12.6. The van der Waals surface area contributed by atoms with E-state index in [2.05, 4.69) is 0 Å². The Kier molecular flexibility index (Phi) is 5.18. The second kappa shape index (κ2) is 6.45. The van der Waals surface area contributed by atoms with E-state index >= 15 is 0 Å². The number of sulfonamides is 1. The van der Waals surface area contributed by atoms with Crippen LogP contribution in [-0.4, -0.2) is 48.1 Å². The highest BCUT2D eigenvalue weighted by atomic mass is 35.5. The Bertz CT molecular complexity index is 659. The number of piperidine rings is 1. The molecule has 2 heterocycles. The highest BCUT2D eigenvalue weighted by Gasteiger charge is 2.51. The van der Waals surface area contributed by atoms with E-state index in [0.717, 1.165) is 15.6 Å². The molecule has 124 valence electrons. The van der Waals surface area contributed by atoms with Gasteiger partial charge in [-0.3, -0.25) is 4.79 Å². The molecule has 2 rings (SSSR count). The minimum atomic E-state index is -3.79. The molecule has 1 aliphatic heterocycles. The highest BCUT2D eigenvalue weighted by Crippen LogP contribution is 2.38. The van der Waals surface area contributed by atoms with Crippen LogP contribution in [0.2, 0.25) is 4.34 Å². The van der Waals surface area contributed by atoms with Crippen LogP contribution in [0.25, 0.3) is 0 Å². The van der Waals surface area contributed by atoms with Gasteiger partial charge in [0.25, 0.3) is 10.0 Å². The van der Waals surface area contributed by atoms with Gasteiger partial charge in [0.2, 0.25) is 0 Å². The van der Waals surface area contributed by atoms with Gasteiger partial charge in [-0.1, -0.05) is 24.9 Å². The van der Waals surface area contributed by atoms with Crippen LogP contribution in [0.15, 0.2) is 16.3 Å². The zero-order chi connectivity index (χ0) is 16.5. The van der Waals surface area contributed by atoms with E-state index in [4.69, 9.17) is 11.6 Å². The van der Waals surface area contributed by atoms with Gasteiger partial charge in [-0.2, -0.15) is 4.31 Å². The molecule has 22 heavy (non-hydrogen) atoms. The van der Waals surface area contributed by atoms with E-state index in [1.807, 2.05) is 6.92 Å². The molecule has 0 unspecified atom stereocenters. The van der Waals surface area contributed by atoms with Crippen molar-refractivity contribution in [3.8, 4) is 0 Å². The molecule has 0 saturated carbocycles. The lowest BCUT2D eigenvalue weighted by atomic mass is 9.74. The Hall–Kier alpha value is -0.670. The minimum Gasteiger partial charge on any atom is -0.481 e. The number of thiophene rings is 1. The summed E-state index contributed by atoms with van der Waals surface area (Å²) in [6.45, 7) is 1.68. The third kappa shape index (κ3) is 3.03. The first-order valence-electron chi connectivity index (χ1n) is 6.91. The number of aliphatic hydroxyl groups excluding tert-OH is 1. The fourth-order valence-corrected chi connectivity index (χ4v) is 5.98. The average molecular weight is 368 g/mol. The number of halogens is 1. The average Bonchev–Trinajstić information content (AvgIpc) is 2.88. The molecule has 1 fully saturated rings. The van der Waals surface area contributed by atoms with E-state index < -0.39 is 27.5 Å². The summed E-state index contributed by atoms with van der Waals surface area (Å²) in [6.07, 6.45) is -0.184. The van der Waals surface area contributed by atoms with E-state index in [0.29, 0.717) is 10.8 Å². The van der Waals surface area contributed by atoms with Gasteiger partial charge in [-0.15, -0.1) is 11.3 Å². The van der Waals surface area contributed by atoms with Crippen LogP contribution in [0.4, 0.5) is 0 Å². The van der Waals surface area contributed by atoms with Crippen molar-refractivity contribution in [1.29, 1.82) is 0 Å². The predicted octanol–water partition coefficient (Wildman–Crippen LogP) is 2.03. The lowest BCUT2D eigenvalue weighted by Crippen LogP contribution is -2.57. The summed E-state index contributed by atoms with van der Waals surface area (Å²) in [5.74, 6) is -1.16. The Morgan fingerprint density at radius 3 is 2.73 bits per heavy atom. The number of aliphatic hydroxyl groups is 1. The van der Waals surface area contributed by atoms with Gasteiger partial charge in [0.1, 0.15) is 9.62 Å². The molecular weight excluding hydrogens is 350 g/mol. The molecule has 1 aliphatic rings. The first-order valence-corrected chi connectivity index (χ1v) is 9.54. The number of rotatable bonds is 5. The van der Waals surface area contributed by atoms with Crippen molar-refractivity contribution in [2.24, 2.45) is 5.41 Å². The summed E-state index contributed by atoms with van der Waals surface area (Å²) in [4.78, 5) is 11.7. The second-order valence-electron chi connectivity index (χ2n) is 5.41. The van der Waals surface area contributed by atoms with Gasteiger partial charge in [-0.25, -0.2) is 8.42 Å². The summed E-state index contributed by atoms with van der Waals surface area (Å²) >= 11 is 6.72. The first kappa shape index (κ1) is 17.7. The van der Waals surface area contributed by atoms with Crippen LogP contribution in [0, 0.1) is 5.41 Å². The molecule has 0 spiro atoms. The van der Waals surface area contributed by atoms with Crippen molar-refractivity contribution >= 4 is 38.9 Å². The molecular formula is C13H18ClNO5S2. The normalized spacial score (nSPS) is 27.0. The molecule has 0 aromatic carbocycles. The molecule has 1 aromatic rings. The molecule has 0 aliphatic carbocycles. The zero-order valence-corrected chi connectivity index (χ0v) is 14.4. The Morgan fingerprint density at radius 1 is 1.55 bits per heavy atom. The Balaban J connectivity index is 2.36. The molecule has 0 bridgehead atoms. The van der Waals surface area contributed by atoms with Crippen LogP contribution in [0.3, 0.4) is 0 Å². The van der Waals surface area contributed by atoms with Gasteiger partial charge in [0, 0.05) is 13.1 Å². The van der Waals surface area contributed by atoms with E-state index in [-0.39, 0.29) is 30.1 Å². The Labute approximate surface area is 138 Å². The fraction of sp³-hybridized carbons (Fsp3) is 0.615. The predicted molar refractivity (Wildman–Crippen MR) is 83.7 cm³/mol. The number of carbonyl (C=O) groups is 1. The topological polar surface area (TPSA) is 94.9 Å². The Morgan fingerprint density at radius 2 is 2.23 bits per heavy atom. The molecule has 1 saturated heterocycles. The van der Waals surface area contributed by atoms with Gasteiger partial charge >= 0.3 is 5.97 Å². The number of carboxylic acids is 1. The lowest BCUT2D eigenvalue weighted by molar-refractivity contribution is -0.161. The molecule has 6 nitrogen and oxygen atoms in total. The molecule has 0 radical (unpaired) electrons. The van der Waals surface area contributed by atoms with Crippen LogP contribution in [0.5, 0.6) is 0 Å². The highest BCUT2D eigenvalue weighted by molar-refractivity contribution is 7.91. The summed E-state index contributed by atoms with van der Waals surface area (Å²) in [7, 11) is -3.79. The van der Waals surface area contributed by atoms with Crippen molar-refractivity contribution in [2.75, 3.05) is 13.1 Å². The lowest BCUT2D eigenvalue weighted by Gasteiger charge is -2.42. The summed E-state index contributed by atoms with van der Waals surface area (Å²) in [5, 5.41) is 19.7. The van der Waals surface area contributed by atoms with Crippen LogP contribution in [0.1, 0.15) is 26.2 Å². The zero-order valence-electron chi connectivity index (χ0n) is 12.0. The number of nitrogens with zero attached hydrogens (tertiary/aromatic N) is 1. The van der Waals surface area contributed by atoms with Crippen molar-refractivity contribution in [2.45, 2.75) is 36.5 Å². The first-order chi connectivity index (χ1) is 10.2. The third-order valence-electron chi connectivity index (χ3n) is 4.01. The quantitative estimate of drug-likeness (QED) is 0.830. The van der Waals surface area contributed by atoms with Crippen molar-refractivity contribution in [1.82, 2.24) is 4.31 Å². The summed E-state index contributed by atoms with van der Waals surface area (Å²) < 4.78 is 26.8. The molecule has 2 atom stereocenters. The molecule has 0 amide bonds. The number of hydrogen-bond acceptors (Lipinski definition) is 5. The second-order valence-corrected chi connectivity index (χ2v) is 9.29. The number of hydrogen-bond donors (Lipinski definition) is 2. The SMILES string of the molecule is CCC[C@]1(C(=O)O)CN(S(=O)(=O)c2ccc(Cl)s2)CC[C@H]1O. The van der Waals surface area contributed by atoms with Gasteiger partial charge in [-0.05, 0) is 25.0 Å². The van der Waals surface area contributed by atoms with Crippen molar-refractivity contribution in [3.63, 3.8) is 0 Å². The number of aliphatic carboxylic acids is 1. The maximum Gasteiger partial charge on any atom is 0.313 e. The smallest absolute Gasteiger partial charge is 0.313 e. The largest absolute Gasteiger partial charge is 0.481 e.